The van der Waals surface area contributed by atoms with Crippen molar-refractivity contribution in [3.8, 4) is 17.2 Å². The molecule has 1 amide bonds. The second-order valence-electron chi connectivity index (χ2n) is 7.11. The summed E-state index contributed by atoms with van der Waals surface area (Å²) >= 11 is 0. The van der Waals surface area contributed by atoms with Crippen molar-refractivity contribution in [3.63, 3.8) is 0 Å². The van der Waals surface area contributed by atoms with E-state index in [0.717, 1.165) is 25.0 Å². The summed E-state index contributed by atoms with van der Waals surface area (Å²) in [6.45, 7) is 3.78. The fourth-order valence-electron chi connectivity index (χ4n) is 3.63. The number of amides is 1. The van der Waals surface area contributed by atoms with Crippen molar-refractivity contribution in [1.82, 2.24) is 5.32 Å². The molecule has 6 nitrogen and oxygen atoms in total. The molecule has 2 aromatic rings. The van der Waals surface area contributed by atoms with Crippen LogP contribution in [0.5, 0.6) is 17.2 Å². The first kappa shape index (κ1) is 21.0. The summed E-state index contributed by atoms with van der Waals surface area (Å²) in [6.07, 6.45) is 3.16. The number of nitrogens with two attached hydrogens (primary N) is 1. The number of hydrogen-bond acceptors (Lipinski definition) is 5. The lowest BCUT2D eigenvalue weighted by molar-refractivity contribution is 0.0928. The van der Waals surface area contributed by atoms with E-state index < -0.39 is 0 Å². The summed E-state index contributed by atoms with van der Waals surface area (Å²) in [5, 5.41) is 3.12. The van der Waals surface area contributed by atoms with E-state index in [9.17, 15) is 4.79 Å². The van der Waals surface area contributed by atoms with Crippen LogP contribution >= 0.6 is 0 Å². The van der Waals surface area contributed by atoms with Crippen LogP contribution in [-0.4, -0.2) is 38.3 Å². The van der Waals surface area contributed by atoms with Gasteiger partial charge in [0.1, 0.15) is 19.0 Å². The van der Waals surface area contributed by atoms with Gasteiger partial charge in [0, 0.05) is 11.6 Å². The van der Waals surface area contributed by atoms with Crippen molar-refractivity contribution in [3.05, 3.63) is 54.1 Å². The van der Waals surface area contributed by atoms with Crippen LogP contribution in [0.4, 0.5) is 0 Å². The van der Waals surface area contributed by atoms with Gasteiger partial charge in [-0.15, -0.1) is 0 Å². The number of ether oxygens (including phenoxy) is 3. The molecule has 6 heteroatoms. The van der Waals surface area contributed by atoms with E-state index in [1.54, 1.807) is 18.2 Å². The zero-order valence-corrected chi connectivity index (χ0v) is 16.9. The summed E-state index contributed by atoms with van der Waals surface area (Å²) in [5.74, 6) is 2.21. The van der Waals surface area contributed by atoms with Gasteiger partial charge in [-0.1, -0.05) is 24.6 Å². The Morgan fingerprint density at radius 2 is 1.83 bits per heavy atom. The molecule has 2 atom stereocenters. The predicted octanol–water partition coefficient (Wildman–Crippen LogP) is 3.40. The smallest absolute Gasteiger partial charge is 0.251 e. The highest BCUT2D eigenvalue weighted by molar-refractivity contribution is 5.95. The van der Waals surface area contributed by atoms with Gasteiger partial charge < -0.3 is 25.3 Å². The predicted molar refractivity (Wildman–Crippen MR) is 113 cm³/mol. The van der Waals surface area contributed by atoms with Gasteiger partial charge in [0.25, 0.3) is 5.91 Å². The minimum Gasteiger partial charge on any atom is -0.490 e. The Bertz CT molecular complexity index is 782. The van der Waals surface area contributed by atoms with Crippen LogP contribution in [0.25, 0.3) is 0 Å². The first-order valence-electron chi connectivity index (χ1n) is 10.3. The third-order valence-corrected chi connectivity index (χ3v) is 5.14. The summed E-state index contributed by atoms with van der Waals surface area (Å²) in [6, 6.07) is 15.0. The fourth-order valence-corrected chi connectivity index (χ4v) is 3.63. The summed E-state index contributed by atoms with van der Waals surface area (Å²) in [7, 11) is 0. The van der Waals surface area contributed by atoms with Crippen molar-refractivity contribution >= 4 is 5.91 Å². The maximum absolute atomic E-state index is 12.7. The number of rotatable bonds is 10. The average molecular weight is 399 g/mol. The second kappa shape index (κ2) is 10.7. The van der Waals surface area contributed by atoms with E-state index >= 15 is 0 Å². The van der Waals surface area contributed by atoms with Gasteiger partial charge in [-0.3, -0.25) is 4.79 Å². The average Bonchev–Trinajstić information content (AvgIpc) is 3.20. The van der Waals surface area contributed by atoms with Crippen LogP contribution in [0.3, 0.4) is 0 Å². The standard InChI is InChI=1S/C23H30N2O4/c1-2-27-22-15-17(23(26)25-20-10-6-7-18(20)16-24)11-12-21(22)29-14-13-28-19-8-4-3-5-9-19/h3-5,8-9,11-12,15,18,20H,2,6-7,10,13-14,16,24H2,1H3,(H,25,26). The van der Waals surface area contributed by atoms with E-state index in [-0.39, 0.29) is 11.9 Å². The third-order valence-electron chi connectivity index (χ3n) is 5.14. The van der Waals surface area contributed by atoms with Crippen molar-refractivity contribution in [2.75, 3.05) is 26.4 Å². The first-order valence-corrected chi connectivity index (χ1v) is 10.3. The van der Waals surface area contributed by atoms with Crippen LogP contribution < -0.4 is 25.3 Å². The lowest BCUT2D eigenvalue weighted by Crippen LogP contribution is -2.39. The van der Waals surface area contributed by atoms with Gasteiger partial charge in [-0.05, 0) is 62.6 Å². The quantitative estimate of drug-likeness (QED) is 0.600. The van der Waals surface area contributed by atoms with E-state index in [1.165, 1.54) is 0 Å². The van der Waals surface area contributed by atoms with Crippen molar-refractivity contribution in [2.45, 2.75) is 32.2 Å². The number of carbonyl (C=O) groups excluding carboxylic acids is 1. The summed E-state index contributed by atoms with van der Waals surface area (Å²) in [5.41, 5.74) is 6.38. The third kappa shape index (κ3) is 5.87. The molecular formula is C23H30N2O4. The molecule has 2 unspecified atom stereocenters. The molecule has 0 radical (unpaired) electrons. The molecule has 0 heterocycles. The molecule has 0 aliphatic heterocycles. The molecule has 0 bridgehead atoms. The zero-order chi connectivity index (χ0) is 20.5. The number of carbonyl (C=O) groups is 1. The Morgan fingerprint density at radius 1 is 1.03 bits per heavy atom. The monoisotopic (exact) mass is 398 g/mol. The lowest BCUT2D eigenvalue weighted by atomic mass is 10.0. The Kier molecular flexibility index (Phi) is 7.76. The minimum atomic E-state index is -0.102. The highest BCUT2D eigenvalue weighted by Gasteiger charge is 2.27. The Hall–Kier alpha value is -2.73. The Labute approximate surface area is 172 Å². The molecule has 1 aliphatic rings. The van der Waals surface area contributed by atoms with Crippen LogP contribution in [-0.2, 0) is 0 Å². The summed E-state index contributed by atoms with van der Waals surface area (Å²) < 4.78 is 17.1. The maximum atomic E-state index is 12.7. The maximum Gasteiger partial charge on any atom is 0.251 e. The normalized spacial score (nSPS) is 18.3. The molecule has 1 fully saturated rings. The molecule has 0 spiro atoms. The summed E-state index contributed by atoms with van der Waals surface area (Å²) in [4.78, 5) is 12.7. The Balaban J connectivity index is 1.58. The highest BCUT2D eigenvalue weighted by Crippen LogP contribution is 2.29. The van der Waals surface area contributed by atoms with Gasteiger partial charge in [0.2, 0.25) is 0 Å². The van der Waals surface area contributed by atoms with Gasteiger partial charge in [0.15, 0.2) is 11.5 Å². The van der Waals surface area contributed by atoms with E-state index in [2.05, 4.69) is 5.32 Å². The van der Waals surface area contributed by atoms with E-state index in [1.807, 2.05) is 37.3 Å². The molecule has 3 rings (SSSR count). The number of nitrogens with one attached hydrogen (secondary N) is 1. The van der Waals surface area contributed by atoms with Gasteiger partial charge in [0.05, 0.1) is 6.61 Å². The van der Waals surface area contributed by atoms with Crippen LogP contribution in [0.2, 0.25) is 0 Å². The van der Waals surface area contributed by atoms with E-state index in [0.29, 0.717) is 49.3 Å². The highest BCUT2D eigenvalue weighted by atomic mass is 16.5. The number of hydrogen-bond donors (Lipinski definition) is 2. The molecule has 1 saturated carbocycles. The van der Waals surface area contributed by atoms with Crippen molar-refractivity contribution in [1.29, 1.82) is 0 Å². The SMILES string of the molecule is CCOc1cc(C(=O)NC2CCCC2CN)ccc1OCCOc1ccccc1. The van der Waals surface area contributed by atoms with Crippen molar-refractivity contribution in [2.24, 2.45) is 11.7 Å². The number of benzene rings is 2. The minimum absolute atomic E-state index is 0.102. The fraction of sp³-hybridized carbons (Fsp3) is 0.435. The van der Waals surface area contributed by atoms with Crippen LogP contribution in [0, 0.1) is 5.92 Å². The topological polar surface area (TPSA) is 82.8 Å². The van der Waals surface area contributed by atoms with Gasteiger partial charge >= 0.3 is 0 Å². The molecule has 0 saturated heterocycles. The molecule has 0 aromatic heterocycles. The molecule has 1 aliphatic carbocycles. The molecule has 3 N–H and O–H groups in total. The second-order valence-corrected chi connectivity index (χ2v) is 7.11. The Morgan fingerprint density at radius 3 is 2.59 bits per heavy atom. The largest absolute Gasteiger partial charge is 0.490 e. The zero-order valence-electron chi connectivity index (χ0n) is 16.9. The van der Waals surface area contributed by atoms with Gasteiger partial charge in [-0.25, -0.2) is 0 Å². The molecule has 156 valence electrons. The molecule has 2 aromatic carbocycles. The van der Waals surface area contributed by atoms with Crippen LogP contribution in [0.15, 0.2) is 48.5 Å². The first-order chi connectivity index (χ1) is 14.2. The molecule has 29 heavy (non-hydrogen) atoms. The number of para-hydroxylation sites is 1. The van der Waals surface area contributed by atoms with Crippen molar-refractivity contribution < 1.29 is 19.0 Å². The molecular weight excluding hydrogens is 368 g/mol. The lowest BCUT2D eigenvalue weighted by Gasteiger charge is -2.20. The van der Waals surface area contributed by atoms with Crippen LogP contribution in [0.1, 0.15) is 36.5 Å². The van der Waals surface area contributed by atoms with Gasteiger partial charge in [-0.2, -0.15) is 0 Å². The van der Waals surface area contributed by atoms with E-state index in [4.69, 9.17) is 19.9 Å².